The first-order valence-corrected chi connectivity index (χ1v) is 6.44. The van der Waals surface area contributed by atoms with Gasteiger partial charge in [0.15, 0.2) is 0 Å². The van der Waals surface area contributed by atoms with E-state index in [0.29, 0.717) is 12.8 Å². The van der Waals surface area contributed by atoms with E-state index >= 15 is 0 Å². The van der Waals surface area contributed by atoms with Gasteiger partial charge in [-0.25, -0.2) is 4.79 Å². The average molecular weight is 294 g/mol. The van der Waals surface area contributed by atoms with Crippen LogP contribution in [0, 0.1) is 0 Å². The summed E-state index contributed by atoms with van der Waals surface area (Å²) in [4.78, 5) is 33.2. The van der Waals surface area contributed by atoms with E-state index in [0.717, 1.165) is 5.56 Å². The number of nitrogens with two attached hydrogens (primary N) is 1. The number of aliphatic carboxylic acids is 2. The van der Waals surface area contributed by atoms with E-state index in [1.807, 2.05) is 30.3 Å². The molecule has 7 heteroatoms. The first-order valence-electron chi connectivity index (χ1n) is 6.44. The first kappa shape index (κ1) is 16.6. The molecule has 1 amide bonds. The molecule has 2 atom stereocenters. The van der Waals surface area contributed by atoms with Crippen molar-refractivity contribution in [3.63, 3.8) is 0 Å². The second kappa shape index (κ2) is 8.01. The van der Waals surface area contributed by atoms with Gasteiger partial charge < -0.3 is 21.3 Å². The lowest BCUT2D eigenvalue weighted by Gasteiger charge is -2.16. The van der Waals surface area contributed by atoms with Crippen LogP contribution in [0.2, 0.25) is 0 Å². The molecule has 0 aliphatic rings. The molecular weight excluding hydrogens is 276 g/mol. The third-order valence-electron chi connectivity index (χ3n) is 2.92. The maximum Gasteiger partial charge on any atom is 0.326 e. The Bertz CT molecular complexity index is 503. The minimum atomic E-state index is -1.47. The van der Waals surface area contributed by atoms with Crippen LogP contribution in [0.3, 0.4) is 0 Å². The molecule has 1 aromatic carbocycles. The summed E-state index contributed by atoms with van der Waals surface area (Å²) in [5.41, 5.74) is 6.71. The number of hydrogen-bond donors (Lipinski definition) is 4. The van der Waals surface area contributed by atoms with Crippen LogP contribution in [0.25, 0.3) is 0 Å². The summed E-state index contributed by atoms with van der Waals surface area (Å²) in [6.07, 6.45) is 0.230. The van der Waals surface area contributed by atoms with Gasteiger partial charge in [0, 0.05) is 0 Å². The van der Waals surface area contributed by atoms with Gasteiger partial charge in [-0.05, 0) is 18.4 Å². The second-order valence-electron chi connectivity index (χ2n) is 4.63. The molecule has 1 aromatic rings. The molecule has 2 unspecified atom stereocenters. The van der Waals surface area contributed by atoms with Crippen molar-refractivity contribution in [1.29, 1.82) is 0 Å². The number of amides is 1. The van der Waals surface area contributed by atoms with Gasteiger partial charge in [-0.3, -0.25) is 9.59 Å². The van der Waals surface area contributed by atoms with Crippen LogP contribution in [0.1, 0.15) is 18.4 Å². The number of hydrogen-bond acceptors (Lipinski definition) is 4. The maximum atomic E-state index is 11.8. The molecule has 0 radical (unpaired) electrons. The van der Waals surface area contributed by atoms with Gasteiger partial charge in [-0.2, -0.15) is 0 Å². The fourth-order valence-corrected chi connectivity index (χ4v) is 1.75. The minimum absolute atomic E-state index is 0.343. The summed E-state index contributed by atoms with van der Waals surface area (Å²) in [5, 5.41) is 19.6. The molecule has 5 N–H and O–H groups in total. The van der Waals surface area contributed by atoms with Crippen LogP contribution in [-0.4, -0.2) is 40.1 Å². The molecule has 0 fully saturated rings. The average Bonchev–Trinajstić information content (AvgIpc) is 2.44. The third-order valence-corrected chi connectivity index (χ3v) is 2.92. The number of carbonyl (C=O) groups is 3. The Morgan fingerprint density at radius 1 is 1.14 bits per heavy atom. The van der Waals surface area contributed by atoms with E-state index in [2.05, 4.69) is 5.32 Å². The summed E-state index contributed by atoms with van der Waals surface area (Å²) < 4.78 is 0. The third kappa shape index (κ3) is 6.05. The smallest absolute Gasteiger partial charge is 0.326 e. The number of carbonyl (C=O) groups excluding carboxylic acids is 1. The molecular formula is C14H18N2O5. The highest BCUT2D eigenvalue weighted by molar-refractivity contribution is 5.89. The molecule has 0 saturated carbocycles. The Morgan fingerprint density at radius 3 is 2.29 bits per heavy atom. The molecule has 0 aliphatic heterocycles. The predicted molar refractivity (Wildman–Crippen MR) is 74.6 cm³/mol. The number of carboxylic acids is 2. The number of aryl methyl sites for hydroxylation is 1. The molecule has 0 saturated heterocycles. The maximum absolute atomic E-state index is 11.8. The zero-order valence-corrected chi connectivity index (χ0v) is 11.4. The van der Waals surface area contributed by atoms with Crippen LogP contribution >= 0.6 is 0 Å². The molecule has 0 spiro atoms. The van der Waals surface area contributed by atoms with Crippen molar-refractivity contribution in [2.75, 3.05) is 0 Å². The lowest BCUT2D eigenvalue weighted by atomic mass is 10.0. The first-order chi connectivity index (χ1) is 9.90. The Morgan fingerprint density at radius 2 is 1.76 bits per heavy atom. The molecule has 0 aliphatic carbocycles. The minimum Gasteiger partial charge on any atom is -0.481 e. The highest BCUT2D eigenvalue weighted by Crippen LogP contribution is 2.04. The second-order valence-corrected chi connectivity index (χ2v) is 4.63. The number of carboxylic acid groups (broad SMARTS) is 2. The number of nitrogens with one attached hydrogen (secondary N) is 1. The van der Waals surface area contributed by atoms with Crippen LogP contribution < -0.4 is 11.1 Å². The van der Waals surface area contributed by atoms with Gasteiger partial charge in [0.25, 0.3) is 0 Å². The van der Waals surface area contributed by atoms with Gasteiger partial charge in [0.2, 0.25) is 5.91 Å². The normalized spacial score (nSPS) is 13.2. The highest BCUT2D eigenvalue weighted by atomic mass is 16.4. The summed E-state index contributed by atoms with van der Waals surface area (Å²) in [6, 6.07) is 7.05. The fraction of sp³-hybridized carbons (Fsp3) is 0.357. The lowest BCUT2D eigenvalue weighted by Crippen LogP contribution is -2.49. The van der Waals surface area contributed by atoms with Crippen LogP contribution in [0.5, 0.6) is 0 Å². The van der Waals surface area contributed by atoms with E-state index < -0.39 is 36.4 Å². The molecule has 0 heterocycles. The zero-order valence-electron chi connectivity index (χ0n) is 11.4. The van der Waals surface area contributed by atoms with Crippen molar-refractivity contribution in [2.24, 2.45) is 5.73 Å². The Hall–Kier alpha value is -2.41. The zero-order chi connectivity index (χ0) is 15.8. The van der Waals surface area contributed by atoms with Crippen molar-refractivity contribution in [1.82, 2.24) is 5.32 Å². The largest absolute Gasteiger partial charge is 0.481 e. The summed E-state index contributed by atoms with van der Waals surface area (Å²) in [7, 11) is 0. The SMILES string of the molecule is NC(CCc1ccccc1)C(=O)NC(CC(=O)O)C(=O)O. The molecule has 1 rings (SSSR count). The van der Waals surface area contributed by atoms with Gasteiger partial charge in [-0.15, -0.1) is 0 Å². The lowest BCUT2D eigenvalue weighted by molar-refractivity contribution is -0.147. The van der Waals surface area contributed by atoms with Gasteiger partial charge in [0.05, 0.1) is 12.5 Å². The van der Waals surface area contributed by atoms with Crippen LogP contribution in [0.4, 0.5) is 0 Å². The Balaban J connectivity index is 2.49. The number of benzene rings is 1. The van der Waals surface area contributed by atoms with Gasteiger partial charge in [0.1, 0.15) is 6.04 Å². The highest BCUT2D eigenvalue weighted by Gasteiger charge is 2.25. The topological polar surface area (TPSA) is 130 Å². The molecule has 114 valence electrons. The quantitative estimate of drug-likeness (QED) is 0.533. The van der Waals surface area contributed by atoms with Gasteiger partial charge in [-0.1, -0.05) is 30.3 Å². The van der Waals surface area contributed by atoms with Gasteiger partial charge >= 0.3 is 11.9 Å². The van der Waals surface area contributed by atoms with E-state index in [1.165, 1.54) is 0 Å². The molecule has 7 nitrogen and oxygen atoms in total. The predicted octanol–water partition coefficient (Wildman–Crippen LogP) is -0.00940. The van der Waals surface area contributed by atoms with Crippen molar-refractivity contribution in [3.8, 4) is 0 Å². The van der Waals surface area contributed by atoms with Crippen molar-refractivity contribution < 1.29 is 24.6 Å². The van der Waals surface area contributed by atoms with E-state index in [1.54, 1.807) is 0 Å². The van der Waals surface area contributed by atoms with E-state index in [9.17, 15) is 14.4 Å². The molecule has 21 heavy (non-hydrogen) atoms. The monoisotopic (exact) mass is 294 g/mol. The Kier molecular flexibility index (Phi) is 6.35. The van der Waals surface area contributed by atoms with Crippen molar-refractivity contribution >= 4 is 17.8 Å². The fourth-order valence-electron chi connectivity index (χ4n) is 1.75. The van der Waals surface area contributed by atoms with E-state index in [4.69, 9.17) is 15.9 Å². The Labute approximate surface area is 121 Å². The summed E-state index contributed by atoms with van der Waals surface area (Å²) in [5.74, 6) is -3.37. The summed E-state index contributed by atoms with van der Waals surface area (Å²) in [6.45, 7) is 0. The van der Waals surface area contributed by atoms with Crippen LogP contribution in [0.15, 0.2) is 30.3 Å². The number of rotatable bonds is 8. The molecule has 0 aromatic heterocycles. The van der Waals surface area contributed by atoms with Crippen LogP contribution in [-0.2, 0) is 20.8 Å². The van der Waals surface area contributed by atoms with Crippen molar-refractivity contribution in [3.05, 3.63) is 35.9 Å². The van der Waals surface area contributed by atoms with E-state index in [-0.39, 0.29) is 0 Å². The standard InChI is InChI=1S/C14H18N2O5/c15-10(7-6-9-4-2-1-3-5-9)13(19)16-11(14(20)21)8-12(17)18/h1-5,10-11H,6-8,15H2,(H,16,19)(H,17,18)(H,20,21). The summed E-state index contributed by atoms with van der Waals surface area (Å²) >= 11 is 0. The molecule has 0 bridgehead atoms. The van der Waals surface area contributed by atoms with Crippen molar-refractivity contribution in [2.45, 2.75) is 31.3 Å².